The van der Waals surface area contributed by atoms with E-state index >= 15 is 0 Å². The third-order valence-electron chi connectivity index (χ3n) is 2.79. The Balaban J connectivity index is 2.15. The highest BCUT2D eigenvalue weighted by Crippen LogP contribution is 2.24. The van der Waals surface area contributed by atoms with E-state index in [-0.39, 0.29) is 5.69 Å². The van der Waals surface area contributed by atoms with Crippen molar-refractivity contribution in [3.8, 4) is 5.75 Å². The molecule has 1 amide bonds. The third-order valence-corrected chi connectivity index (χ3v) is 3.29. The molecule has 0 fully saturated rings. The maximum Gasteiger partial charge on any atom is 0.248 e. The smallest absolute Gasteiger partial charge is 0.248 e. The fraction of sp³-hybridized carbons (Fsp3) is 0.0625. The number of benzene rings is 2. The van der Waals surface area contributed by atoms with Crippen LogP contribution >= 0.6 is 15.9 Å². The number of methoxy groups -OCH3 is 1. The van der Waals surface area contributed by atoms with Gasteiger partial charge in [0.05, 0.1) is 12.8 Å². The quantitative estimate of drug-likeness (QED) is 0.813. The second-order valence-corrected chi connectivity index (χ2v) is 5.25. The number of hydrogen-bond donors (Lipinski definition) is 1. The zero-order chi connectivity index (χ0) is 16.1. The number of ether oxygens (including phenoxy) is 1. The van der Waals surface area contributed by atoms with Crippen molar-refractivity contribution in [2.75, 3.05) is 12.4 Å². The Labute approximate surface area is 134 Å². The highest BCUT2D eigenvalue weighted by Gasteiger charge is 2.06. The Kier molecular flexibility index (Phi) is 5.27. The Morgan fingerprint density at radius 1 is 1.23 bits per heavy atom. The molecule has 0 aliphatic carbocycles. The lowest BCUT2D eigenvalue weighted by Gasteiger charge is -2.06. The van der Waals surface area contributed by atoms with E-state index in [0.29, 0.717) is 11.3 Å². The van der Waals surface area contributed by atoms with Crippen LogP contribution in [0.3, 0.4) is 0 Å². The zero-order valence-corrected chi connectivity index (χ0v) is 13.2. The molecule has 114 valence electrons. The number of amides is 1. The topological polar surface area (TPSA) is 38.3 Å². The number of rotatable bonds is 4. The van der Waals surface area contributed by atoms with Crippen LogP contribution in [0.5, 0.6) is 5.75 Å². The molecule has 0 aliphatic heterocycles. The number of hydrogen-bond acceptors (Lipinski definition) is 2. The van der Waals surface area contributed by atoms with Gasteiger partial charge < -0.3 is 10.1 Å². The van der Waals surface area contributed by atoms with Crippen LogP contribution in [-0.4, -0.2) is 13.0 Å². The number of carbonyl (C=O) groups is 1. The van der Waals surface area contributed by atoms with Gasteiger partial charge in [0.1, 0.15) is 17.4 Å². The Morgan fingerprint density at radius 2 is 2.00 bits per heavy atom. The molecular formula is C16H12BrF2NO2. The first kappa shape index (κ1) is 16.2. The van der Waals surface area contributed by atoms with Gasteiger partial charge in [0.25, 0.3) is 0 Å². The van der Waals surface area contributed by atoms with Crippen molar-refractivity contribution in [3.63, 3.8) is 0 Å². The van der Waals surface area contributed by atoms with Crippen molar-refractivity contribution in [1.82, 2.24) is 0 Å². The monoisotopic (exact) mass is 367 g/mol. The molecule has 0 unspecified atom stereocenters. The molecule has 0 spiro atoms. The lowest BCUT2D eigenvalue weighted by atomic mass is 10.2. The van der Waals surface area contributed by atoms with Crippen molar-refractivity contribution in [2.45, 2.75) is 0 Å². The van der Waals surface area contributed by atoms with Gasteiger partial charge in [-0.2, -0.15) is 0 Å². The fourth-order valence-electron chi connectivity index (χ4n) is 1.77. The molecular weight excluding hydrogens is 356 g/mol. The summed E-state index contributed by atoms with van der Waals surface area (Å²) in [5.74, 6) is -1.33. The van der Waals surface area contributed by atoms with Gasteiger partial charge in [-0.1, -0.05) is 15.9 Å². The minimum Gasteiger partial charge on any atom is -0.496 e. The van der Waals surface area contributed by atoms with Crippen molar-refractivity contribution >= 4 is 33.6 Å². The standard InChI is InChI=1S/C16H12BrF2NO2/c1-22-15-6-3-11(17)8-10(15)2-7-16(21)20-14-9-12(18)4-5-13(14)19/h2-9H,1H3,(H,20,21)/b7-2+. The van der Waals surface area contributed by atoms with E-state index in [9.17, 15) is 13.6 Å². The van der Waals surface area contributed by atoms with Crippen LogP contribution in [0.4, 0.5) is 14.5 Å². The molecule has 2 rings (SSSR count). The van der Waals surface area contributed by atoms with Crippen LogP contribution in [0.2, 0.25) is 0 Å². The fourth-order valence-corrected chi connectivity index (χ4v) is 2.15. The van der Waals surface area contributed by atoms with Crippen LogP contribution < -0.4 is 10.1 Å². The number of carbonyl (C=O) groups excluding carboxylic acids is 1. The highest BCUT2D eigenvalue weighted by atomic mass is 79.9. The van der Waals surface area contributed by atoms with Gasteiger partial charge in [0, 0.05) is 22.2 Å². The largest absolute Gasteiger partial charge is 0.496 e. The van der Waals surface area contributed by atoms with E-state index in [1.807, 2.05) is 0 Å². The van der Waals surface area contributed by atoms with Crippen LogP contribution in [0.15, 0.2) is 46.9 Å². The molecule has 6 heteroatoms. The highest BCUT2D eigenvalue weighted by molar-refractivity contribution is 9.10. The SMILES string of the molecule is COc1ccc(Br)cc1/C=C/C(=O)Nc1cc(F)ccc1F. The van der Waals surface area contributed by atoms with Crippen LogP contribution in [-0.2, 0) is 4.79 Å². The lowest BCUT2D eigenvalue weighted by Crippen LogP contribution is -2.09. The van der Waals surface area contributed by atoms with Crippen molar-refractivity contribution in [2.24, 2.45) is 0 Å². The molecule has 22 heavy (non-hydrogen) atoms. The van der Waals surface area contributed by atoms with Gasteiger partial charge in [0.15, 0.2) is 0 Å². The van der Waals surface area contributed by atoms with Gasteiger partial charge in [-0.25, -0.2) is 8.78 Å². The number of nitrogens with one attached hydrogen (secondary N) is 1. The summed E-state index contributed by atoms with van der Waals surface area (Å²) in [6.07, 6.45) is 2.74. The Morgan fingerprint density at radius 3 is 2.73 bits per heavy atom. The second-order valence-electron chi connectivity index (χ2n) is 4.33. The molecule has 0 aromatic heterocycles. The van der Waals surface area contributed by atoms with Crippen molar-refractivity contribution in [1.29, 1.82) is 0 Å². The molecule has 2 aromatic rings. The van der Waals surface area contributed by atoms with E-state index in [0.717, 1.165) is 22.7 Å². The van der Waals surface area contributed by atoms with Crippen LogP contribution in [0.25, 0.3) is 6.08 Å². The molecule has 2 aromatic carbocycles. The lowest BCUT2D eigenvalue weighted by molar-refractivity contribution is -0.111. The molecule has 0 saturated carbocycles. The summed E-state index contributed by atoms with van der Waals surface area (Å²) in [5.41, 5.74) is 0.461. The average molecular weight is 368 g/mol. The summed E-state index contributed by atoms with van der Waals surface area (Å²) in [6, 6.07) is 8.16. The molecule has 0 saturated heterocycles. The minimum absolute atomic E-state index is 0.212. The first-order valence-corrected chi connectivity index (χ1v) is 7.06. The Bertz CT molecular complexity index is 732. The first-order valence-electron chi connectivity index (χ1n) is 6.27. The summed E-state index contributed by atoms with van der Waals surface area (Å²) in [5, 5.41) is 2.28. The summed E-state index contributed by atoms with van der Waals surface area (Å²) in [7, 11) is 1.52. The summed E-state index contributed by atoms with van der Waals surface area (Å²) >= 11 is 3.32. The van der Waals surface area contributed by atoms with Crippen molar-refractivity contribution in [3.05, 3.63) is 64.1 Å². The van der Waals surface area contributed by atoms with E-state index in [4.69, 9.17) is 4.74 Å². The van der Waals surface area contributed by atoms with Crippen LogP contribution in [0.1, 0.15) is 5.56 Å². The summed E-state index contributed by atoms with van der Waals surface area (Å²) < 4.78 is 32.5. The molecule has 3 nitrogen and oxygen atoms in total. The minimum atomic E-state index is -0.705. The average Bonchev–Trinajstić information content (AvgIpc) is 2.49. The second kappa shape index (κ2) is 7.17. The molecule has 0 heterocycles. The predicted octanol–water partition coefficient (Wildman–Crippen LogP) is 4.39. The number of anilines is 1. The van der Waals surface area contributed by atoms with Gasteiger partial charge >= 0.3 is 0 Å². The molecule has 1 N–H and O–H groups in total. The van der Waals surface area contributed by atoms with Gasteiger partial charge in [-0.3, -0.25) is 4.79 Å². The molecule has 0 bridgehead atoms. The molecule has 0 aliphatic rings. The van der Waals surface area contributed by atoms with Crippen LogP contribution in [0, 0.1) is 11.6 Å². The van der Waals surface area contributed by atoms with E-state index < -0.39 is 17.5 Å². The zero-order valence-electron chi connectivity index (χ0n) is 11.6. The summed E-state index contributed by atoms with van der Waals surface area (Å²) in [6.45, 7) is 0. The first-order chi connectivity index (χ1) is 10.5. The maximum absolute atomic E-state index is 13.4. The Hall–Kier alpha value is -2.21. The number of halogens is 3. The summed E-state index contributed by atoms with van der Waals surface area (Å²) in [4.78, 5) is 11.8. The van der Waals surface area contributed by atoms with Crippen molar-refractivity contribution < 1.29 is 18.3 Å². The van der Waals surface area contributed by atoms with E-state index in [1.165, 1.54) is 19.3 Å². The van der Waals surface area contributed by atoms with Gasteiger partial charge in [0.2, 0.25) is 5.91 Å². The van der Waals surface area contributed by atoms with E-state index in [1.54, 1.807) is 18.2 Å². The third kappa shape index (κ3) is 4.14. The maximum atomic E-state index is 13.4. The van der Waals surface area contributed by atoms with E-state index in [2.05, 4.69) is 21.2 Å². The normalized spacial score (nSPS) is 10.7. The molecule has 0 atom stereocenters. The molecule has 0 radical (unpaired) electrons. The van der Waals surface area contributed by atoms with Gasteiger partial charge in [-0.05, 0) is 36.4 Å². The van der Waals surface area contributed by atoms with Gasteiger partial charge in [-0.15, -0.1) is 0 Å². The predicted molar refractivity (Wildman–Crippen MR) is 84.7 cm³/mol.